The van der Waals surface area contributed by atoms with Gasteiger partial charge in [0.05, 0.1) is 4.92 Å². The van der Waals surface area contributed by atoms with Crippen molar-refractivity contribution in [2.24, 2.45) is 0 Å². The Morgan fingerprint density at radius 1 is 1.08 bits per heavy atom. The van der Waals surface area contributed by atoms with Gasteiger partial charge in [0.25, 0.3) is 5.69 Å². The average Bonchev–Trinajstić information content (AvgIpc) is 2.61. The highest BCUT2D eigenvalue weighted by Crippen LogP contribution is 2.22. The van der Waals surface area contributed by atoms with Crippen LogP contribution in [0.5, 0.6) is 0 Å². The van der Waals surface area contributed by atoms with Gasteiger partial charge in [-0.1, -0.05) is 37.3 Å². The minimum atomic E-state index is -0.492. The number of anilines is 1. The second-order valence-electron chi connectivity index (χ2n) is 5.78. The number of hydrogen-bond acceptors (Lipinski definition) is 4. The summed E-state index contributed by atoms with van der Waals surface area (Å²) in [7, 11) is 0. The number of benzene rings is 2. The molecule has 2 aromatic carbocycles. The van der Waals surface area contributed by atoms with Crippen LogP contribution in [0.4, 0.5) is 11.4 Å². The van der Waals surface area contributed by atoms with Gasteiger partial charge in [-0.05, 0) is 25.0 Å². The fourth-order valence-corrected chi connectivity index (χ4v) is 2.41. The van der Waals surface area contributed by atoms with E-state index in [0.29, 0.717) is 16.8 Å². The summed E-state index contributed by atoms with van der Waals surface area (Å²) in [5, 5.41) is 13.5. The number of nitro groups is 1. The molecule has 0 radical (unpaired) electrons. The quantitative estimate of drug-likeness (QED) is 0.467. The van der Waals surface area contributed by atoms with Crippen molar-refractivity contribution >= 4 is 23.1 Å². The molecule has 2 aromatic rings. The van der Waals surface area contributed by atoms with Gasteiger partial charge in [0.2, 0.25) is 5.91 Å². The third-order valence-electron chi connectivity index (χ3n) is 3.95. The number of Topliss-reactive ketones (excluding diaryl/α,β-unsaturated/α-hetero) is 1. The Hall–Kier alpha value is -3.02. The largest absolute Gasteiger partial charge is 0.326 e. The summed E-state index contributed by atoms with van der Waals surface area (Å²) in [4.78, 5) is 34.5. The Morgan fingerprint density at radius 3 is 2.36 bits per heavy atom. The van der Waals surface area contributed by atoms with E-state index in [0.717, 1.165) is 12.0 Å². The van der Waals surface area contributed by atoms with Crippen LogP contribution >= 0.6 is 0 Å². The molecule has 0 unspecified atom stereocenters. The lowest BCUT2D eigenvalue weighted by atomic mass is 10.0. The number of carbonyl (C=O) groups excluding carboxylic acids is 2. The Balaban J connectivity index is 1.93. The predicted octanol–water partition coefficient (Wildman–Crippen LogP) is 4.07. The van der Waals surface area contributed by atoms with Crippen LogP contribution in [0.15, 0.2) is 42.5 Å². The van der Waals surface area contributed by atoms with Crippen molar-refractivity contribution in [3.63, 3.8) is 0 Å². The summed E-state index contributed by atoms with van der Waals surface area (Å²) >= 11 is 0. The summed E-state index contributed by atoms with van der Waals surface area (Å²) in [6, 6.07) is 11.8. The van der Waals surface area contributed by atoms with Crippen LogP contribution in [0.25, 0.3) is 0 Å². The maximum atomic E-state index is 12.1. The first kappa shape index (κ1) is 18.3. The Morgan fingerprint density at radius 2 is 1.76 bits per heavy atom. The topological polar surface area (TPSA) is 89.3 Å². The first-order valence-corrected chi connectivity index (χ1v) is 8.07. The molecule has 0 heterocycles. The van der Waals surface area contributed by atoms with E-state index in [9.17, 15) is 19.7 Å². The normalized spacial score (nSPS) is 10.3. The molecule has 0 aliphatic carbocycles. The van der Waals surface area contributed by atoms with E-state index in [1.807, 2.05) is 19.1 Å². The smallest absolute Gasteiger partial charge is 0.274 e. The molecule has 0 spiro atoms. The molecule has 0 fully saturated rings. The summed E-state index contributed by atoms with van der Waals surface area (Å²) < 4.78 is 0. The third-order valence-corrected chi connectivity index (χ3v) is 3.95. The number of amides is 1. The fraction of sp³-hybridized carbons (Fsp3) is 0.263. The number of nitrogens with one attached hydrogen (secondary N) is 1. The molecule has 0 saturated carbocycles. The van der Waals surface area contributed by atoms with Crippen molar-refractivity contribution in [1.82, 2.24) is 0 Å². The number of carbonyl (C=O) groups is 2. The molecule has 130 valence electrons. The lowest BCUT2D eigenvalue weighted by molar-refractivity contribution is -0.385. The van der Waals surface area contributed by atoms with E-state index in [-0.39, 0.29) is 30.2 Å². The number of rotatable bonds is 7. The van der Waals surface area contributed by atoms with Crippen molar-refractivity contribution in [1.29, 1.82) is 0 Å². The molecule has 2 rings (SSSR count). The number of hydrogen-bond donors (Lipinski definition) is 1. The van der Waals surface area contributed by atoms with Gasteiger partial charge in [-0.15, -0.1) is 0 Å². The highest BCUT2D eigenvalue weighted by Gasteiger charge is 2.13. The van der Waals surface area contributed by atoms with Crippen molar-refractivity contribution < 1.29 is 14.5 Å². The number of aryl methyl sites for hydroxylation is 2. The molecule has 1 N–H and O–H groups in total. The minimum absolute atomic E-state index is 0.0238. The van der Waals surface area contributed by atoms with Gasteiger partial charge in [-0.25, -0.2) is 0 Å². The molecule has 0 bridgehead atoms. The zero-order chi connectivity index (χ0) is 18.4. The van der Waals surface area contributed by atoms with Gasteiger partial charge < -0.3 is 5.32 Å². The Kier molecular flexibility index (Phi) is 6.00. The number of ketones is 1. The summed E-state index contributed by atoms with van der Waals surface area (Å²) in [6.07, 6.45) is 1.01. The highest BCUT2D eigenvalue weighted by atomic mass is 16.6. The molecule has 0 aromatic heterocycles. The van der Waals surface area contributed by atoms with Crippen molar-refractivity contribution in [2.45, 2.75) is 33.1 Å². The van der Waals surface area contributed by atoms with Gasteiger partial charge in [-0.3, -0.25) is 19.7 Å². The average molecular weight is 340 g/mol. The van der Waals surface area contributed by atoms with Crippen molar-refractivity contribution in [2.75, 3.05) is 5.32 Å². The highest BCUT2D eigenvalue weighted by molar-refractivity contribution is 6.00. The maximum absolute atomic E-state index is 12.1. The molecule has 1 amide bonds. The molecule has 0 saturated heterocycles. The summed E-state index contributed by atoms with van der Waals surface area (Å²) in [5.74, 6) is -0.454. The van der Waals surface area contributed by atoms with Crippen LogP contribution in [0.3, 0.4) is 0 Å². The van der Waals surface area contributed by atoms with Crippen LogP contribution in [-0.4, -0.2) is 16.6 Å². The van der Waals surface area contributed by atoms with E-state index in [1.165, 1.54) is 6.07 Å². The molecular weight excluding hydrogens is 320 g/mol. The van der Waals surface area contributed by atoms with Gasteiger partial charge >= 0.3 is 0 Å². The molecule has 25 heavy (non-hydrogen) atoms. The summed E-state index contributed by atoms with van der Waals surface area (Å²) in [5.41, 5.74) is 2.55. The number of nitrogens with zero attached hydrogens (tertiary/aromatic N) is 1. The second-order valence-corrected chi connectivity index (χ2v) is 5.78. The van der Waals surface area contributed by atoms with E-state index >= 15 is 0 Å². The van der Waals surface area contributed by atoms with E-state index in [1.54, 1.807) is 31.2 Å². The molecule has 0 atom stereocenters. The predicted molar refractivity (Wildman–Crippen MR) is 95.8 cm³/mol. The first-order chi connectivity index (χ1) is 11.9. The van der Waals surface area contributed by atoms with Gasteiger partial charge in [0, 0.05) is 35.7 Å². The fourth-order valence-electron chi connectivity index (χ4n) is 2.41. The van der Waals surface area contributed by atoms with E-state index in [2.05, 4.69) is 5.32 Å². The zero-order valence-electron chi connectivity index (χ0n) is 14.2. The SMILES string of the molecule is CCc1ccc(C(=O)CCC(=O)Nc2ccc(C)c([N+](=O)[O-])c2)cc1. The zero-order valence-corrected chi connectivity index (χ0v) is 14.2. The molecule has 6 nitrogen and oxygen atoms in total. The van der Waals surface area contributed by atoms with E-state index in [4.69, 9.17) is 0 Å². The van der Waals surface area contributed by atoms with Crippen LogP contribution in [0.2, 0.25) is 0 Å². The standard InChI is InChI=1S/C19H20N2O4/c1-3-14-5-7-15(8-6-14)18(22)10-11-19(23)20-16-9-4-13(2)17(12-16)21(24)25/h4-9,12H,3,10-11H2,1-2H3,(H,20,23). The first-order valence-electron chi connectivity index (χ1n) is 8.07. The lowest BCUT2D eigenvalue weighted by Crippen LogP contribution is -2.13. The van der Waals surface area contributed by atoms with Gasteiger partial charge in [0.15, 0.2) is 5.78 Å². The monoisotopic (exact) mass is 340 g/mol. The van der Waals surface area contributed by atoms with Gasteiger partial charge in [0.1, 0.15) is 0 Å². The Bertz CT molecular complexity index is 798. The van der Waals surface area contributed by atoms with Crippen molar-refractivity contribution in [3.05, 3.63) is 69.3 Å². The minimum Gasteiger partial charge on any atom is -0.326 e. The molecular formula is C19H20N2O4. The molecule has 6 heteroatoms. The van der Waals surface area contributed by atoms with Crippen LogP contribution in [0, 0.1) is 17.0 Å². The maximum Gasteiger partial charge on any atom is 0.274 e. The third kappa shape index (κ3) is 4.97. The second kappa shape index (κ2) is 8.19. The lowest BCUT2D eigenvalue weighted by Gasteiger charge is -2.06. The molecule has 0 aliphatic heterocycles. The summed E-state index contributed by atoms with van der Waals surface area (Å²) in [6.45, 7) is 3.67. The molecule has 0 aliphatic rings. The van der Waals surface area contributed by atoms with Crippen LogP contribution in [0.1, 0.15) is 41.3 Å². The van der Waals surface area contributed by atoms with Crippen LogP contribution < -0.4 is 5.32 Å². The van der Waals surface area contributed by atoms with E-state index < -0.39 is 4.92 Å². The number of nitro benzene ring substituents is 1. The van der Waals surface area contributed by atoms with Crippen LogP contribution in [-0.2, 0) is 11.2 Å². The van der Waals surface area contributed by atoms with Gasteiger partial charge in [-0.2, -0.15) is 0 Å². The Labute approximate surface area is 146 Å². The van der Waals surface area contributed by atoms with Crippen molar-refractivity contribution in [3.8, 4) is 0 Å².